The predicted molar refractivity (Wildman–Crippen MR) is 83.7 cm³/mol. The first-order valence-corrected chi connectivity index (χ1v) is 7.69. The molecule has 8 nitrogen and oxygen atoms in total. The summed E-state index contributed by atoms with van der Waals surface area (Å²) in [7, 11) is 0. The molecular weight excluding hydrogens is 282 g/mol. The van der Waals surface area contributed by atoms with Crippen LogP contribution >= 0.6 is 0 Å². The van der Waals surface area contributed by atoms with Crippen molar-refractivity contribution >= 4 is 34.5 Å². The lowest BCUT2D eigenvalue weighted by Crippen LogP contribution is -2.52. The third-order valence-electron chi connectivity index (χ3n) is 4.61. The number of likely N-dealkylation sites (N-methyl/N-ethyl adjacent to an activating group) is 1. The lowest BCUT2D eigenvalue weighted by molar-refractivity contribution is -0.120. The van der Waals surface area contributed by atoms with E-state index in [0.717, 1.165) is 30.6 Å². The van der Waals surface area contributed by atoms with Gasteiger partial charge in [0.1, 0.15) is 17.2 Å². The Balaban J connectivity index is 2.00. The van der Waals surface area contributed by atoms with Crippen LogP contribution in [0.2, 0.25) is 0 Å². The number of nitrogens with one attached hydrogen (secondary N) is 1. The summed E-state index contributed by atoms with van der Waals surface area (Å²) in [6, 6.07) is -0.192. The fourth-order valence-corrected chi connectivity index (χ4v) is 3.55. The Labute approximate surface area is 127 Å². The van der Waals surface area contributed by atoms with Crippen molar-refractivity contribution in [2.75, 3.05) is 28.6 Å². The second kappa shape index (κ2) is 4.56. The number of rotatable bonds is 1. The minimum Gasteiger partial charge on any atom is -0.368 e. The average molecular weight is 301 g/mol. The number of anilines is 3. The number of aromatic amines is 1. The number of piperidine rings is 1. The molecule has 0 aliphatic carbocycles. The van der Waals surface area contributed by atoms with E-state index >= 15 is 0 Å². The number of fused-ring (bicyclic) bond motifs is 2. The van der Waals surface area contributed by atoms with Crippen molar-refractivity contribution in [3.05, 3.63) is 0 Å². The van der Waals surface area contributed by atoms with Gasteiger partial charge in [-0.25, -0.2) is 0 Å². The number of hydrogen-bond acceptors (Lipinski definition) is 6. The smallest absolute Gasteiger partial charge is 0.250 e. The lowest BCUT2D eigenvalue weighted by Gasteiger charge is -2.38. The predicted octanol–water partition coefficient (Wildman–Crippen LogP) is 0.907. The van der Waals surface area contributed by atoms with Gasteiger partial charge in [-0.2, -0.15) is 15.1 Å². The summed E-state index contributed by atoms with van der Waals surface area (Å²) in [5.74, 6) is 2.14. The molecule has 1 amide bonds. The van der Waals surface area contributed by atoms with E-state index < -0.39 is 0 Å². The van der Waals surface area contributed by atoms with Crippen molar-refractivity contribution in [1.29, 1.82) is 0 Å². The number of nitrogens with two attached hydrogens (primary N) is 1. The highest BCUT2D eigenvalue weighted by Crippen LogP contribution is 2.39. The highest BCUT2D eigenvalue weighted by molar-refractivity contribution is 6.10. The molecule has 1 fully saturated rings. The van der Waals surface area contributed by atoms with Gasteiger partial charge in [0.2, 0.25) is 5.95 Å². The van der Waals surface area contributed by atoms with Crippen LogP contribution in [0, 0.1) is 5.92 Å². The topological polar surface area (TPSA) is 104 Å². The number of aromatic nitrogens is 4. The molecule has 0 spiro atoms. The zero-order valence-corrected chi connectivity index (χ0v) is 12.7. The Bertz CT molecular complexity index is 755. The van der Waals surface area contributed by atoms with Crippen LogP contribution in [0.5, 0.6) is 0 Å². The van der Waals surface area contributed by atoms with Crippen LogP contribution in [0.4, 0.5) is 17.6 Å². The summed E-state index contributed by atoms with van der Waals surface area (Å²) in [6.07, 6.45) is 1.87. The normalized spacial score (nSPS) is 24.5. The highest BCUT2D eigenvalue weighted by atomic mass is 16.2. The molecule has 4 heterocycles. The average Bonchev–Trinajstić information content (AvgIpc) is 2.86. The maximum absolute atomic E-state index is 13.0. The van der Waals surface area contributed by atoms with Crippen molar-refractivity contribution in [2.45, 2.75) is 32.7 Å². The summed E-state index contributed by atoms with van der Waals surface area (Å²) >= 11 is 0. The first-order valence-electron chi connectivity index (χ1n) is 7.69. The molecule has 0 bridgehead atoms. The zero-order valence-electron chi connectivity index (χ0n) is 12.7. The standard InChI is InChI=1S/C14H19N7O/c1-3-20-12-9-10(18-19-12)16-14(15)17-11(9)21-6-7(2)4-5-8(21)13(20)22/h7-8H,3-6H2,1-2H3,(H3,15,16,17,18,19)/t7-,8?/m1/s1. The van der Waals surface area contributed by atoms with E-state index in [1.54, 1.807) is 4.90 Å². The molecule has 3 N–H and O–H groups in total. The quantitative estimate of drug-likeness (QED) is 0.811. The summed E-state index contributed by atoms with van der Waals surface area (Å²) in [5.41, 5.74) is 6.43. The van der Waals surface area contributed by atoms with Crippen LogP contribution in [0.1, 0.15) is 26.7 Å². The lowest BCUT2D eigenvalue weighted by atomic mass is 9.93. The number of H-pyrrole nitrogens is 1. The second-order valence-electron chi connectivity index (χ2n) is 6.11. The van der Waals surface area contributed by atoms with Crippen molar-refractivity contribution in [3.63, 3.8) is 0 Å². The Morgan fingerprint density at radius 3 is 2.91 bits per heavy atom. The van der Waals surface area contributed by atoms with Gasteiger partial charge in [0, 0.05) is 13.1 Å². The SMILES string of the molecule is CCN1C(=O)C2CC[C@@H](C)CN2c2nc(N)nc3[nH]nc1c23. The molecule has 0 aromatic carbocycles. The van der Waals surface area contributed by atoms with Crippen molar-refractivity contribution in [3.8, 4) is 0 Å². The molecule has 8 heteroatoms. The molecule has 4 rings (SSSR count). The number of carbonyl (C=O) groups excluding carboxylic acids is 1. The largest absolute Gasteiger partial charge is 0.368 e. The molecule has 2 atom stereocenters. The number of nitrogens with zero attached hydrogens (tertiary/aromatic N) is 5. The maximum atomic E-state index is 13.0. The molecular formula is C14H19N7O. The monoisotopic (exact) mass is 301 g/mol. The molecule has 0 saturated carbocycles. The van der Waals surface area contributed by atoms with E-state index in [0.29, 0.717) is 23.9 Å². The van der Waals surface area contributed by atoms with Crippen LogP contribution in [-0.4, -0.2) is 45.2 Å². The van der Waals surface area contributed by atoms with Crippen molar-refractivity contribution in [1.82, 2.24) is 20.2 Å². The van der Waals surface area contributed by atoms with Crippen LogP contribution in [0.3, 0.4) is 0 Å². The van der Waals surface area contributed by atoms with Crippen LogP contribution < -0.4 is 15.5 Å². The third-order valence-corrected chi connectivity index (χ3v) is 4.61. The van der Waals surface area contributed by atoms with E-state index in [-0.39, 0.29) is 17.9 Å². The molecule has 2 aromatic heterocycles. The first-order chi connectivity index (χ1) is 10.6. The van der Waals surface area contributed by atoms with E-state index in [9.17, 15) is 4.79 Å². The van der Waals surface area contributed by atoms with Gasteiger partial charge in [-0.15, -0.1) is 0 Å². The van der Waals surface area contributed by atoms with Crippen LogP contribution in [-0.2, 0) is 4.79 Å². The number of amides is 1. The molecule has 2 aromatic rings. The van der Waals surface area contributed by atoms with E-state index in [2.05, 4.69) is 32.0 Å². The van der Waals surface area contributed by atoms with Gasteiger partial charge in [0.25, 0.3) is 5.91 Å². The summed E-state index contributed by atoms with van der Waals surface area (Å²) < 4.78 is 0. The second-order valence-corrected chi connectivity index (χ2v) is 6.11. The van der Waals surface area contributed by atoms with Crippen LogP contribution in [0.15, 0.2) is 0 Å². The van der Waals surface area contributed by atoms with Crippen molar-refractivity contribution in [2.24, 2.45) is 5.92 Å². The highest BCUT2D eigenvalue weighted by Gasteiger charge is 2.40. The number of hydrogen-bond donors (Lipinski definition) is 2. The minimum absolute atomic E-state index is 0.0828. The van der Waals surface area contributed by atoms with E-state index in [4.69, 9.17) is 5.73 Å². The maximum Gasteiger partial charge on any atom is 0.250 e. The number of carbonyl (C=O) groups is 1. The Hall–Kier alpha value is -2.38. The molecule has 1 saturated heterocycles. The zero-order chi connectivity index (χ0) is 15.4. The Kier molecular flexibility index (Phi) is 2.75. The van der Waals surface area contributed by atoms with Gasteiger partial charge in [0.15, 0.2) is 11.5 Å². The number of nitrogen functional groups attached to an aromatic ring is 1. The van der Waals surface area contributed by atoms with Gasteiger partial charge in [-0.1, -0.05) is 6.92 Å². The molecule has 22 heavy (non-hydrogen) atoms. The van der Waals surface area contributed by atoms with E-state index in [1.165, 1.54) is 0 Å². The molecule has 2 aliphatic heterocycles. The van der Waals surface area contributed by atoms with Gasteiger partial charge in [0.05, 0.1) is 0 Å². The van der Waals surface area contributed by atoms with Gasteiger partial charge >= 0.3 is 0 Å². The summed E-state index contributed by atoms with van der Waals surface area (Å²) in [4.78, 5) is 25.4. The minimum atomic E-state index is -0.192. The fourth-order valence-electron chi connectivity index (χ4n) is 3.55. The fraction of sp³-hybridized carbons (Fsp3) is 0.571. The van der Waals surface area contributed by atoms with Gasteiger partial charge in [-0.05, 0) is 25.7 Å². The molecule has 2 aliphatic rings. The first kappa shape index (κ1) is 13.3. The van der Waals surface area contributed by atoms with Crippen molar-refractivity contribution < 1.29 is 4.79 Å². The third kappa shape index (κ3) is 1.69. The van der Waals surface area contributed by atoms with Gasteiger partial charge in [-0.3, -0.25) is 14.8 Å². The van der Waals surface area contributed by atoms with Gasteiger partial charge < -0.3 is 10.6 Å². The van der Waals surface area contributed by atoms with Crippen LogP contribution in [0.25, 0.3) is 11.0 Å². The van der Waals surface area contributed by atoms with E-state index in [1.807, 2.05) is 6.92 Å². The Morgan fingerprint density at radius 2 is 2.14 bits per heavy atom. The molecule has 1 unspecified atom stereocenters. The Morgan fingerprint density at radius 1 is 1.32 bits per heavy atom. The summed E-state index contributed by atoms with van der Waals surface area (Å²) in [5, 5.41) is 7.97. The molecule has 116 valence electrons. The molecule has 0 radical (unpaired) electrons. The summed E-state index contributed by atoms with van der Waals surface area (Å²) in [6.45, 7) is 5.52.